The lowest BCUT2D eigenvalue weighted by molar-refractivity contribution is 0.102. The Bertz CT molecular complexity index is 674. The molecule has 0 unspecified atom stereocenters. The van der Waals surface area contributed by atoms with Crippen LogP contribution < -0.4 is 5.32 Å². The average Bonchev–Trinajstić information content (AvgIpc) is 2.41. The van der Waals surface area contributed by atoms with Crippen LogP contribution in [-0.4, -0.2) is 5.91 Å². The van der Waals surface area contributed by atoms with Gasteiger partial charge in [-0.25, -0.2) is 0 Å². The minimum Gasteiger partial charge on any atom is -0.321 e. The van der Waals surface area contributed by atoms with E-state index in [1.54, 1.807) is 30.3 Å². The number of nitrogens with zero attached hydrogens (tertiary/aromatic N) is 1. The fraction of sp³-hybridized carbons (Fsp3) is 0.0667. The molecule has 19 heavy (non-hydrogen) atoms. The summed E-state index contributed by atoms with van der Waals surface area (Å²) in [4.78, 5) is 12.1. The molecule has 0 aliphatic rings. The number of hydrogen-bond donors (Lipinski definition) is 1. The molecule has 4 heteroatoms. The highest BCUT2D eigenvalue weighted by atomic mass is 35.5. The van der Waals surface area contributed by atoms with E-state index in [2.05, 4.69) is 5.32 Å². The van der Waals surface area contributed by atoms with Crippen LogP contribution in [0.25, 0.3) is 0 Å². The van der Waals surface area contributed by atoms with Crippen molar-refractivity contribution in [2.24, 2.45) is 0 Å². The molecule has 3 nitrogen and oxygen atoms in total. The first kappa shape index (κ1) is 13.1. The zero-order valence-corrected chi connectivity index (χ0v) is 11.0. The van der Waals surface area contributed by atoms with E-state index in [0.29, 0.717) is 21.8 Å². The highest BCUT2D eigenvalue weighted by molar-refractivity contribution is 6.34. The van der Waals surface area contributed by atoms with Gasteiger partial charge in [0.25, 0.3) is 5.91 Å². The number of nitriles is 1. The fourth-order valence-electron chi connectivity index (χ4n) is 1.71. The Balaban J connectivity index is 2.30. The number of aryl methyl sites for hydroxylation is 1. The van der Waals surface area contributed by atoms with E-state index in [4.69, 9.17) is 16.9 Å². The summed E-state index contributed by atoms with van der Waals surface area (Å²) in [6.45, 7) is 1.86. The molecule has 2 rings (SSSR count). The summed E-state index contributed by atoms with van der Waals surface area (Å²) in [5, 5.41) is 12.0. The van der Waals surface area contributed by atoms with Gasteiger partial charge in [-0.15, -0.1) is 0 Å². The summed E-state index contributed by atoms with van der Waals surface area (Å²) in [6, 6.07) is 14.0. The summed E-state index contributed by atoms with van der Waals surface area (Å²) in [6.07, 6.45) is 0. The average molecular weight is 271 g/mol. The molecule has 0 fully saturated rings. The van der Waals surface area contributed by atoms with Crippen molar-refractivity contribution in [2.75, 3.05) is 5.32 Å². The molecule has 0 aliphatic heterocycles. The number of carbonyl (C=O) groups excluding carboxylic acids is 1. The molecule has 0 bridgehead atoms. The lowest BCUT2D eigenvalue weighted by atomic mass is 10.1. The lowest BCUT2D eigenvalue weighted by Crippen LogP contribution is -2.13. The van der Waals surface area contributed by atoms with Crippen molar-refractivity contribution >= 4 is 23.2 Å². The van der Waals surface area contributed by atoms with Crippen molar-refractivity contribution in [2.45, 2.75) is 6.92 Å². The molecule has 0 saturated carbocycles. The normalized spacial score (nSPS) is 9.74. The maximum atomic E-state index is 12.1. The van der Waals surface area contributed by atoms with E-state index in [1.165, 1.54) is 0 Å². The maximum Gasteiger partial charge on any atom is 0.255 e. The molecule has 0 heterocycles. The van der Waals surface area contributed by atoms with Gasteiger partial charge in [0.15, 0.2) is 0 Å². The number of rotatable bonds is 2. The van der Waals surface area contributed by atoms with Crippen LogP contribution in [0.5, 0.6) is 0 Å². The van der Waals surface area contributed by atoms with Crippen molar-refractivity contribution < 1.29 is 4.79 Å². The van der Waals surface area contributed by atoms with Gasteiger partial charge in [0.2, 0.25) is 0 Å². The quantitative estimate of drug-likeness (QED) is 0.903. The Hall–Kier alpha value is -2.31. The van der Waals surface area contributed by atoms with Gasteiger partial charge in [0, 0.05) is 5.56 Å². The maximum absolute atomic E-state index is 12.1. The topological polar surface area (TPSA) is 52.9 Å². The molecular formula is C15H11ClN2O. The summed E-state index contributed by atoms with van der Waals surface area (Å²) in [5.74, 6) is -0.241. The Morgan fingerprint density at radius 1 is 1.26 bits per heavy atom. The monoisotopic (exact) mass is 270 g/mol. The summed E-state index contributed by atoms with van der Waals surface area (Å²) < 4.78 is 0. The van der Waals surface area contributed by atoms with E-state index < -0.39 is 0 Å². The van der Waals surface area contributed by atoms with Gasteiger partial charge in [-0.3, -0.25) is 4.79 Å². The lowest BCUT2D eigenvalue weighted by Gasteiger charge is -2.09. The van der Waals surface area contributed by atoms with Crippen molar-refractivity contribution in [3.05, 3.63) is 64.2 Å². The molecular weight excluding hydrogens is 260 g/mol. The van der Waals surface area contributed by atoms with Crippen LogP contribution in [0.2, 0.25) is 5.02 Å². The molecule has 0 radical (unpaired) electrons. The van der Waals surface area contributed by atoms with Gasteiger partial charge in [-0.1, -0.05) is 29.8 Å². The second-order valence-electron chi connectivity index (χ2n) is 4.08. The fourth-order valence-corrected chi connectivity index (χ4v) is 1.87. The second-order valence-corrected chi connectivity index (χ2v) is 4.48. The molecule has 0 spiro atoms. The predicted octanol–water partition coefficient (Wildman–Crippen LogP) is 3.77. The SMILES string of the molecule is Cc1ccccc1C(=O)Nc1cc(C#N)ccc1Cl. The molecule has 0 saturated heterocycles. The van der Waals surface area contributed by atoms with Crippen LogP contribution in [0, 0.1) is 18.3 Å². The van der Waals surface area contributed by atoms with Gasteiger partial charge < -0.3 is 5.32 Å². The van der Waals surface area contributed by atoms with Crippen LogP contribution in [0.4, 0.5) is 5.69 Å². The predicted molar refractivity (Wildman–Crippen MR) is 75.3 cm³/mol. The molecule has 1 amide bonds. The first-order valence-corrected chi connectivity index (χ1v) is 6.06. The summed E-state index contributed by atoms with van der Waals surface area (Å²) in [5.41, 5.74) is 2.35. The van der Waals surface area contributed by atoms with Crippen LogP contribution >= 0.6 is 11.6 Å². The van der Waals surface area contributed by atoms with E-state index in [0.717, 1.165) is 5.56 Å². The Kier molecular flexibility index (Phi) is 3.84. The van der Waals surface area contributed by atoms with E-state index in [9.17, 15) is 4.79 Å². The minimum absolute atomic E-state index is 0.241. The third kappa shape index (κ3) is 2.93. The first-order valence-electron chi connectivity index (χ1n) is 5.68. The van der Waals surface area contributed by atoms with E-state index >= 15 is 0 Å². The number of carbonyl (C=O) groups is 1. The van der Waals surface area contributed by atoms with Gasteiger partial charge >= 0.3 is 0 Å². The van der Waals surface area contributed by atoms with Crippen molar-refractivity contribution in [3.63, 3.8) is 0 Å². The Morgan fingerprint density at radius 2 is 2.00 bits per heavy atom. The summed E-state index contributed by atoms with van der Waals surface area (Å²) >= 11 is 6.00. The third-order valence-corrected chi connectivity index (χ3v) is 3.06. The van der Waals surface area contributed by atoms with Crippen LogP contribution in [0.3, 0.4) is 0 Å². The van der Waals surface area contributed by atoms with Crippen LogP contribution in [0.1, 0.15) is 21.5 Å². The van der Waals surface area contributed by atoms with E-state index in [1.807, 2.05) is 25.1 Å². The standard InChI is InChI=1S/C15H11ClN2O/c1-10-4-2-3-5-12(10)15(19)18-14-8-11(9-17)6-7-13(14)16/h2-8H,1H3,(H,18,19). The summed E-state index contributed by atoms with van der Waals surface area (Å²) in [7, 11) is 0. The zero-order valence-electron chi connectivity index (χ0n) is 10.3. The van der Waals surface area contributed by atoms with E-state index in [-0.39, 0.29) is 5.91 Å². The first-order chi connectivity index (χ1) is 9.11. The van der Waals surface area contributed by atoms with Gasteiger partial charge in [-0.2, -0.15) is 5.26 Å². The number of amides is 1. The Labute approximate surface area is 116 Å². The zero-order chi connectivity index (χ0) is 13.8. The van der Waals surface area contributed by atoms with Crippen molar-refractivity contribution in [1.82, 2.24) is 0 Å². The second kappa shape index (κ2) is 5.55. The minimum atomic E-state index is -0.241. The number of benzene rings is 2. The smallest absolute Gasteiger partial charge is 0.255 e. The Morgan fingerprint density at radius 3 is 2.68 bits per heavy atom. The molecule has 0 aromatic heterocycles. The molecule has 0 aliphatic carbocycles. The van der Waals surface area contributed by atoms with Crippen LogP contribution in [0.15, 0.2) is 42.5 Å². The molecule has 0 atom stereocenters. The number of nitrogens with one attached hydrogen (secondary N) is 1. The molecule has 1 N–H and O–H groups in total. The molecule has 2 aromatic rings. The van der Waals surface area contributed by atoms with Gasteiger partial charge in [0.05, 0.1) is 22.3 Å². The van der Waals surface area contributed by atoms with Crippen molar-refractivity contribution in [3.8, 4) is 6.07 Å². The van der Waals surface area contributed by atoms with Crippen molar-refractivity contribution in [1.29, 1.82) is 5.26 Å². The number of anilines is 1. The number of hydrogen-bond acceptors (Lipinski definition) is 2. The van der Waals surface area contributed by atoms with Gasteiger partial charge in [-0.05, 0) is 36.8 Å². The highest BCUT2D eigenvalue weighted by Crippen LogP contribution is 2.23. The van der Waals surface area contributed by atoms with Gasteiger partial charge in [0.1, 0.15) is 0 Å². The highest BCUT2D eigenvalue weighted by Gasteiger charge is 2.10. The largest absolute Gasteiger partial charge is 0.321 e. The van der Waals surface area contributed by atoms with Crippen LogP contribution in [-0.2, 0) is 0 Å². The third-order valence-electron chi connectivity index (χ3n) is 2.73. The molecule has 94 valence electrons. The number of halogens is 1. The molecule has 2 aromatic carbocycles.